The molecule has 0 bridgehead atoms. The molecule has 3 saturated carbocycles. The van der Waals surface area contributed by atoms with Crippen LogP contribution in [0, 0.1) is 0 Å². The maximum Gasteiger partial charge on any atom is 0.336 e. The Morgan fingerprint density at radius 1 is 0.250 bits per heavy atom. The van der Waals surface area contributed by atoms with Crippen LogP contribution in [-0.2, 0) is 140 Å². The molecule has 41 nitrogen and oxygen atoms in total. The fourth-order valence-electron chi connectivity index (χ4n) is 13.9. The monoisotopic (exact) mass is 1930 g/mol. The molecule has 55 heteroatoms. The van der Waals surface area contributed by atoms with E-state index in [0.717, 1.165) is 156 Å². The van der Waals surface area contributed by atoms with Crippen molar-refractivity contribution in [1.82, 2.24) is 0 Å². The summed E-state index contributed by atoms with van der Waals surface area (Å²) in [7, 11) is -58.2. The van der Waals surface area contributed by atoms with Crippen LogP contribution in [0.4, 0.5) is 0 Å². The number of carbonyl (C=O) groups excluding carboxylic acids is 2. The minimum Gasteiger partial charge on any atom is -0.478 e. The van der Waals surface area contributed by atoms with Crippen molar-refractivity contribution in [3.8, 4) is 0 Å². The van der Waals surface area contributed by atoms with Crippen LogP contribution >= 0.6 is 0 Å². The van der Waals surface area contributed by atoms with Gasteiger partial charge in [-0.25, -0.2) is 127 Å². The zero-order chi connectivity index (χ0) is 88.9. The third-order valence-corrected chi connectivity index (χ3v) is 43.9. The molecule has 7 heterocycles. The molecule has 10 aliphatic rings. The predicted molar refractivity (Wildman–Crippen MR) is 416 cm³/mol. The summed E-state index contributed by atoms with van der Waals surface area (Å²) in [5, 5.41) is 17.4. The van der Waals surface area contributed by atoms with E-state index >= 15 is 0 Å². The maximum absolute atomic E-state index is 12.0. The van der Waals surface area contributed by atoms with Gasteiger partial charge in [0, 0.05) is 11.1 Å². The number of rotatable bonds is 7. The lowest BCUT2D eigenvalue weighted by Crippen LogP contribution is -2.09. The molecule has 120 heavy (non-hydrogen) atoms. The highest BCUT2D eigenvalue weighted by Gasteiger charge is 2.38. The molecule has 3 aliphatic carbocycles. The summed E-state index contributed by atoms with van der Waals surface area (Å²) in [4.78, 5) is 38.5. The molecule has 0 radical (unpaired) electrons. The van der Waals surface area contributed by atoms with Gasteiger partial charge < -0.3 is 39.1 Å². The second-order valence-electron chi connectivity index (χ2n) is 27.2. The van der Waals surface area contributed by atoms with E-state index in [0.29, 0.717) is 17.4 Å². The fraction of sp³-hybridized carbons (Fsp3) is 0.292. The van der Waals surface area contributed by atoms with E-state index in [4.69, 9.17) is 10.2 Å². The van der Waals surface area contributed by atoms with Gasteiger partial charge in [0.25, 0.3) is 0 Å². The highest BCUT2D eigenvalue weighted by Crippen LogP contribution is 2.49. The zero-order valence-corrected chi connectivity index (χ0v) is 72.5. The van der Waals surface area contributed by atoms with Gasteiger partial charge in [-0.15, -0.1) is 0 Å². The number of carbonyl (C=O) groups is 4. The number of benzene rings is 7. The summed E-state index contributed by atoms with van der Waals surface area (Å²) in [6.07, 6.45) is 15.0. The Bertz CT molecular complexity index is 7030. The van der Waals surface area contributed by atoms with Crippen molar-refractivity contribution in [3.05, 3.63) is 195 Å². The molecule has 2 N–H and O–H groups in total. The lowest BCUT2D eigenvalue weighted by atomic mass is 9.84. The van der Waals surface area contributed by atoms with E-state index in [9.17, 15) is 137 Å². The fourth-order valence-corrected chi connectivity index (χ4v) is 38.8. The molecule has 0 unspecified atom stereocenters. The number of sulfonamides is 14. The maximum atomic E-state index is 12.0. The highest BCUT2D eigenvalue weighted by molar-refractivity contribution is 8.17. The Morgan fingerprint density at radius 3 is 0.867 bits per heavy atom. The van der Waals surface area contributed by atoms with Crippen LogP contribution < -0.4 is 0 Å². The molecule has 17 rings (SSSR count). The molecule has 0 saturated heterocycles. The van der Waals surface area contributed by atoms with Crippen LogP contribution in [0.5, 0.6) is 0 Å². The molecular weight excluding hydrogens is 1870 g/mol. The second-order valence-corrected chi connectivity index (χ2v) is 50.8. The zero-order valence-electron chi connectivity index (χ0n) is 61.1. The predicted octanol–water partition coefficient (Wildman–Crippen LogP) is 8.71. The first-order chi connectivity index (χ1) is 55.2. The van der Waals surface area contributed by atoms with Gasteiger partial charge in [-0.2, -0.15) is 0 Å². The van der Waals surface area contributed by atoms with Crippen molar-refractivity contribution in [2.24, 2.45) is 0 Å². The molecule has 7 aromatic rings. The van der Waals surface area contributed by atoms with Gasteiger partial charge in [0.1, 0.15) is 140 Å². The largest absolute Gasteiger partial charge is 0.478 e. The second kappa shape index (κ2) is 32.8. The Morgan fingerprint density at radius 2 is 0.517 bits per heavy atom. The standard InChI is InChI=1S/2C12H14NO4S2.C11H12NO4S2.2C8H6NO5S2.2C7H4NO6S2/c14-18(15)11-8-4-7-10(9-5-2-1-3-6-9)12(11)19(16,17)13-18;14-18(15)11-7-6-10(9-4-2-1-3-5-9)8-12(11)19(16,17)13-18;13-17(14)10-6-5-9(8-3-1-2-4-8)7-11(10)18(15,16)12-17;1-5(10)6-2-3-7-8(4-6)16(13,14)9-15(7,11)12;1-5(10)6-3-2-4-7-8(6)16(13,14)9-15(7,11)12;9-7(10)4-1-2-5-6(3-4)16(13,14)8-15(5,11)12;9-7(10)4-2-1-3-5-6(4)16(13,14)8-15(5,11)12/h4,7-9H,1-3,5-6H2;6-9H,1-5H2;5-8H,1-4H2;2*2-4H,1H3;2*1-3H,(H,9,10)/q7*-1. The summed E-state index contributed by atoms with van der Waals surface area (Å²) in [5.74, 6) is -2.93. The number of carboxylic acids is 2. The van der Waals surface area contributed by atoms with Gasteiger partial charge in [-0.05, 0) is 166 Å². The number of hydrogen-bond acceptors (Lipinski definition) is 32. The van der Waals surface area contributed by atoms with Crippen molar-refractivity contribution >= 4 is 164 Å². The van der Waals surface area contributed by atoms with E-state index in [1.807, 2.05) is 0 Å². The minimum absolute atomic E-state index is 0.0816. The Labute approximate surface area is 690 Å². The summed E-state index contributed by atoms with van der Waals surface area (Å²) in [5.41, 5.74) is 1.52. The Balaban J connectivity index is 0.000000137. The number of carboxylic acid groups (broad SMARTS) is 2. The molecule has 3 fully saturated rings. The van der Waals surface area contributed by atoms with Gasteiger partial charge in [0.05, 0.1) is 79.7 Å². The molecular formula is C65H60N7O34S14-7. The first-order valence-corrected chi connectivity index (χ1v) is 54.5. The Hall–Kier alpha value is -8.16. The molecule has 7 aromatic carbocycles. The van der Waals surface area contributed by atoms with E-state index in [-0.39, 0.29) is 62.7 Å². The van der Waals surface area contributed by atoms with E-state index in [1.54, 1.807) is 24.3 Å². The summed E-state index contributed by atoms with van der Waals surface area (Å²) in [6, 6.07) is 26.7. The van der Waals surface area contributed by atoms with Crippen LogP contribution in [0.15, 0.2) is 196 Å². The number of ketones is 2. The average molecular weight is 1930 g/mol. The van der Waals surface area contributed by atoms with Gasteiger partial charge in [-0.1, -0.05) is 99.9 Å². The topological polar surface area (TPSA) is 685 Å². The van der Waals surface area contributed by atoms with E-state index in [1.165, 1.54) is 61.9 Å². The molecule has 650 valence electrons. The number of nitrogens with zero attached hydrogens (tertiary/aromatic N) is 7. The van der Waals surface area contributed by atoms with Gasteiger partial charge in [-0.3, -0.25) is 9.59 Å². The van der Waals surface area contributed by atoms with Crippen molar-refractivity contribution in [1.29, 1.82) is 0 Å². The molecule has 7 aliphatic heterocycles. The first-order valence-electron chi connectivity index (χ1n) is 34.3. The Kier molecular flexibility index (Phi) is 25.3. The van der Waals surface area contributed by atoms with Crippen LogP contribution in [0.1, 0.15) is 180 Å². The van der Waals surface area contributed by atoms with Crippen LogP contribution in [0.25, 0.3) is 28.9 Å². The third kappa shape index (κ3) is 18.8. The summed E-state index contributed by atoms with van der Waals surface area (Å²) in [6.45, 7) is 2.42. The van der Waals surface area contributed by atoms with Crippen LogP contribution in [0.2, 0.25) is 0 Å². The molecule has 0 spiro atoms. The number of fused-ring (bicyclic) bond motifs is 7. The van der Waals surface area contributed by atoms with Gasteiger partial charge in [0.15, 0.2) is 11.6 Å². The van der Waals surface area contributed by atoms with Crippen molar-refractivity contribution in [2.45, 2.75) is 190 Å². The summed E-state index contributed by atoms with van der Waals surface area (Å²) < 4.78 is 342. The molecule has 0 atom stereocenters. The molecule has 0 amide bonds. The van der Waals surface area contributed by atoms with Gasteiger partial charge in [0.2, 0.25) is 0 Å². The first kappa shape index (κ1) is 92.6. The SMILES string of the molecule is CC(=O)c1ccc2c(c1)S(=O)(=O)[N-]S2(=O)=O.CC(=O)c1cccc2c1S(=O)(=O)[N-]S2(=O)=O.O=C(O)c1ccc2c(c1)S(=O)(=O)[N-]S2(=O)=O.O=C(O)c1cccc2c1S(=O)(=O)[N-]S2(=O)=O.O=S1(=O)[N-]S(=O)(=O)c2c(C3CCCCC3)cccc21.O=S1(=O)[N-]S(=O)(=O)c2cc(C3CCCC3)ccc21.O=S1(=O)[N-]S(=O)(=O)c2cc(C3CCCCC3)ccc21. The molecule has 0 aromatic heterocycles. The van der Waals surface area contributed by atoms with Crippen molar-refractivity contribution in [2.75, 3.05) is 0 Å². The van der Waals surface area contributed by atoms with Crippen molar-refractivity contribution < 1.29 is 147 Å². The van der Waals surface area contributed by atoms with E-state index in [2.05, 4.69) is 28.9 Å². The highest BCUT2D eigenvalue weighted by atomic mass is 32.3. The number of aromatic carboxylic acids is 2. The van der Waals surface area contributed by atoms with E-state index < -0.39 is 198 Å². The lowest BCUT2D eigenvalue weighted by molar-refractivity contribution is 0.0683. The average Bonchev–Trinajstić information content (AvgIpc) is 1.57. The van der Waals surface area contributed by atoms with Crippen LogP contribution in [-0.4, -0.2) is 152 Å². The lowest BCUT2D eigenvalue weighted by Gasteiger charge is -2.24. The number of Topliss-reactive ketones (excluding diaryl/α,β-unsaturated/α-hetero) is 2. The van der Waals surface area contributed by atoms with Gasteiger partial charge >= 0.3 is 11.9 Å². The normalized spacial score (nSPS) is 22.5. The minimum atomic E-state index is -4.43. The number of hydrogen-bond donors (Lipinski definition) is 2. The van der Waals surface area contributed by atoms with Crippen molar-refractivity contribution in [3.63, 3.8) is 0 Å². The quantitative estimate of drug-likeness (QED) is 0.141. The smallest absolute Gasteiger partial charge is 0.336 e. The summed E-state index contributed by atoms with van der Waals surface area (Å²) >= 11 is 0. The third-order valence-electron chi connectivity index (χ3n) is 19.2. The van der Waals surface area contributed by atoms with Crippen LogP contribution in [0.3, 0.4) is 0 Å².